The lowest BCUT2D eigenvalue weighted by atomic mass is 10.1. The first-order chi connectivity index (χ1) is 8.35. The summed E-state index contributed by atoms with van der Waals surface area (Å²) >= 11 is 0. The van der Waals surface area contributed by atoms with E-state index in [1.165, 1.54) is 65.0 Å². The maximum Gasteiger partial charge on any atom is 0.0219 e. The number of nitrogens with zero attached hydrogens (tertiary/aromatic N) is 2. The number of rotatable bonds is 7. The van der Waals surface area contributed by atoms with E-state index in [-0.39, 0.29) is 0 Å². The van der Waals surface area contributed by atoms with Crippen molar-refractivity contribution >= 4 is 0 Å². The normalized spacial score (nSPS) is 25.1. The molecule has 0 aromatic heterocycles. The zero-order valence-electron chi connectivity index (χ0n) is 11.6. The summed E-state index contributed by atoms with van der Waals surface area (Å²) in [6, 6.07) is 1.71. The lowest BCUT2D eigenvalue weighted by Gasteiger charge is -2.39. The Morgan fingerprint density at radius 1 is 1.12 bits per heavy atom. The fraction of sp³-hybridized carbons (Fsp3) is 1.00. The second-order valence-corrected chi connectivity index (χ2v) is 5.57. The zero-order valence-corrected chi connectivity index (χ0v) is 11.6. The molecule has 3 heteroatoms. The van der Waals surface area contributed by atoms with Crippen molar-refractivity contribution in [3.63, 3.8) is 0 Å². The molecule has 100 valence electrons. The van der Waals surface area contributed by atoms with Crippen LogP contribution < -0.4 is 5.32 Å². The molecular weight excluding hydrogens is 210 g/mol. The Morgan fingerprint density at radius 3 is 2.35 bits per heavy atom. The predicted octanol–water partition coefficient (Wildman–Crippen LogP) is 1.54. The van der Waals surface area contributed by atoms with Gasteiger partial charge in [-0.05, 0) is 32.2 Å². The quantitative estimate of drug-likeness (QED) is 0.680. The summed E-state index contributed by atoms with van der Waals surface area (Å²) in [6.45, 7) is 12.1. The van der Waals surface area contributed by atoms with E-state index in [2.05, 4.69) is 29.0 Å². The third-order valence-electron chi connectivity index (χ3n) is 4.21. The number of hydrogen-bond donors (Lipinski definition) is 1. The van der Waals surface area contributed by atoms with E-state index in [1.807, 2.05) is 0 Å². The zero-order chi connectivity index (χ0) is 12.1. The molecule has 1 N–H and O–H groups in total. The maximum absolute atomic E-state index is 3.57. The molecule has 0 bridgehead atoms. The first-order valence-electron chi connectivity index (χ1n) is 7.54. The van der Waals surface area contributed by atoms with Gasteiger partial charge >= 0.3 is 0 Å². The monoisotopic (exact) mass is 239 g/mol. The van der Waals surface area contributed by atoms with Crippen LogP contribution in [0.2, 0.25) is 0 Å². The van der Waals surface area contributed by atoms with Gasteiger partial charge in [-0.15, -0.1) is 0 Å². The largest absolute Gasteiger partial charge is 0.315 e. The van der Waals surface area contributed by atoms with Gasteiger partial charge in [0.05, 0.1) is 0 Å². The van der Waals surface area contributed by atoms with Crippen LogP contribution in [0.5, 0.6) is 0 Å². The third kappa shape index (κ3) is 3.94. The Kier molecular flexibility index (Phi) is 5.26. The van der Waals surface area contributed by atoms with Crippen LogP contribution in [0, 0.1) is 0 Å². The van der Waals surface area contributed by atoms with Gasteiger partial charge in [0, 0.05) is 44.8 Å². The molecule has 0 radical (unpaired) electrons. The van der Waals surface area contributed by atoms with Crippen LogP contribution in [0.4, 0.5) is 0 Å². The topological polar surface area (TPSA) is 18.5 Å². The third-order valence-corrected chi connectivity index (χ3v) is 4.21. The Hall–Kier alpha value is -0.120. The van der Waals surface area contributed by atoms with E-state index in [9.17, 15) is 0 Å². The Labute approximate surface area is 107 Å². The summed E-state index contributed by atoms with van der Waals surface area (Å²) in [4.78, 5) is 5.39. The van der Waals surface area contributed by atoms with Crippen molar-refractivity contribution in [1.82, 2.24) is 15.1 Å². The van der Waals surface area contributed by atoms with Gasteiger partial charge in [-0.2, -0.15) is 0 Å². The summed E-state index contributed by atoms with van der Waals surface area (Å²) in [5, 5.41) is 3.57. The Bertz CT molecular complexity index is 208. The molecule has 1 saturated heterocycles. The van der Waals surface area contributed by atoms with Crippen molar-refractivity contribution < 1.29 is 0 Å². The van der Waals surface area contributed by atoms with Crippen LogP contribution in [0.3, 0.4) is 0 Å². The number of nitrogens with one attached hydrogen (secondary N) is 1. The van der Waals surface area contributed by atoms with E-state index >= 15 is 0 Å². The van der Waals surface area contributed by atoms with Crippen molar-refractivity contribution in [3.05, 3.63) is 0 Å². The molecule has 1 unspecified atom stereocenters. The maximum atomic E-state index is 3.57. The molecule has 1 aliphatic heterocycles. The van der Waals surface area contributed by atoms with Gasteiger partial charge in [-0.3, -0.25) is 9.80 Å². The molecule has 2 fully saturated rings. The number of piperazine rings is 1. The van der Waals surface area contributed by atoms with Gasteiger partial charge in [-0.1, -0.05) is 13.8 Å². The molecule has 2 aliphatic rings. The fourth-order valence-electron chi connectivity index (χ4n) is 2.88. The highest BCUT2D eigenvalue weighted by Gasteiger charge is 2.32. The smallest absolute Gasteiger partial charge is 0.0219 e. The molecule has 3 nitrogen and oxygen atoms in total. The van der Waals surface area contributed by atoms with Crippen molar-refractivity contribution in [2.24, 2.45) is 0 Å². The molecule has 0 aromatic rings. The first-order valence-corrected chi connectivity index (χ1v) is 7.54. The standard InChI is InChI=1S/C14H29N3/c1-3-7-15-12-13(4-2)16-8-10-17(11-9-16)14-5-6-14/h13-15H,3-12H2,1-2H3. The summed E-state index contributed by atoms with van der Waals surface area (Å²) in [5.41, 5.74) is 0. The molecule has 2 rings (SSSR count). The van der Waals surface area contributed by atoms with Gasteiger partial charge in [0.2, 0.25) is 0 Å². The first kappa shape index (κ1) is 13.3. The van der Waals surface area contributed by atoms with E-state index in [4.69, 9.17) is 0 Å². The van der Waals surface area contributed by atoms with Crippen molar-refractivity contribution in [3.8, 4) is 0 Å². The lowest BCUT2D eigenvalue weighted by molar-refractivity contribution is 0.0890. The average Bonchev–Trinajstić information content (AvgIpc) is 3.19. The molecule has 17 heavy (non-hydrogen) atoms. The molecule has 0 amide bonds. The van der Waals surface area contributed by atoms with E-state index < -0.39 is 0 Å². The van der Waals surface area contributed by atoms with Crippen LogP contribution in [-0.4, -0.2) is 61.2 Å². The SMILES string of the molecule is CCCNCC(CC)N1CCN(C2CC2)CC1. The summed E-state index contributed by atoms with van der Waals surface area (Å²) in [7, 11) is 0. The lowest BCUT2D eigenvalue weighted by Crippen LogP contribution is -2.53. The van der Waals surface area contributed by atoms with Crippen molar-refractivity contribution in [1.29, 1.82) is 0 Å². The average molecular weight is 239 g/mol. The molecule has 0 aromatic carbocycles. The van der Waals surface area contributed by atoms with Crippen LogP contribution >= 0.6 is 0 Å². The van der Waals surface area contributed by atoms with E-state index in [0.29, 0.717) is 0 Å². The minimum absolute atomic E-state index is 0.753. The molecule has 0 spiro atoms. The second kappa shape index (κ2) is 6.72. The predicted molar refractivity (Wildman–Crippen MR) is 73.4 cm³/mol. The van der Waals surface area contributed by atoms with Gasteiger partial charge in [0.15, 0.2) is 0 Å². The van der Waals surface area contributed by atoms with E-state index in [0.717, 1.165) is 12.1 Å². The van der Waals surface area contributed by atoms with Crippen molar-refractivity contribution in [2.75, 3.05) is 39.3 Å². The minimum atomic E-state index is 0.753. The number of hydrogen-bond acceptors (Lipinski definition) is 3. The van der Waals surface area contributed by atoms with Crippen LogP contribution in [0.25, 0.3) is 0 Å². The highest BCUT2D eigenvalue weighted by Crippen LogP contribution is 2.27. The second-order valence-electron chi connectivity index (χ2n) is 5.57. The summed E-state index contributed by atoms with van der Waals surface area (Å²) in [6.07, 6.45) is 5.43. The van der Waals surface area contributed by atoms with Crippen LogP contribution in [0.1, 0.15) is 39.5 Å². The van der Waals surface area contributed by atoms with Gasteiger partial charge in [0.25, 0.3) is 0 Å². The summed E-state index contributed by atoms with van der Waals surface area (Å²) in [5.74, 6) is 0. The van der Waals surface area contributed by atoms with E-state index in [1.54, 1.807) is 0 Å². The Balaban J connectivity index is 1.68. The highest BCUT2D eigenvalue weighted by atomic mass is 15.3. The Morgan fingerprint density at radius 2 is 1.82 bits per heavy atom. The highest BCUT2D eigenvalue weighted by molar-refractivity contribution is 4.89. The van der Waals surface area contributed by atoms with Crippen LogP contribution in [0.15, 0.2) is 0 Å². The minimum Gasteiger partial charge on any atom is -0.315 e. The summed E-state index contributed by atoms with van der Waals surface area (Å²) < 4.78 is 0. The van der Waals surface area contributed by atoms with Crippen LogP contribution in [-0.2, 0) is 0 Å². The molecule has 1 atom stereocenters. The molecule has 1 aliphatic carbocycles. The van der Waals surface area contributed by atoms with Gasteiger partial charge < -0.3 is 5.32 Å². The van der Waals surface area contributed by atoms with Gasteiger partial charge in [-0.25, -0.2) is 0 Å². The van der Waals surface area contributed by atoms with Crippen molar-refractivity contribution in [2.45, 2.75) is 51.6 Å². The molecule has 1 saturated carbocycles. The fourth-order valence-corrected chi connectivity index (χ4v) is 2.88. The molecular formula is C14H29N3. The molecule has 1 heterocycles. The van der Waals surface area contributed by atoms with Gasteiger partial charge in [0.1, 0.15) is 0 Å².